The summed E-state index contributed by atoms with van der Waals surface area (Å²) in [6.07, 6.45) is 0.673. The average Bonchev–Trinajstić information content (AvgIpc) is 2.47. The van der Waals surface area contributed by atoms with Gasteiger partial charge in [0.25, 0.3) is 0 Å². The molecule has 0 saturated carbocycles. The second kappa shape index (κ2) is 5.43. The Bertz CT molecular complexity index is 839. The molecule has 0 amide bonds. The van der Waals surface area contributed by atoms with Gasteiger partial charge in [-0.15, -0.1) is 11.3 Å². The van der Waals surface area contributed by atoms with Crippen LogP contribution in [0.3, 0.4) is 0 Å². The molecule has 0 bridgehead atoms. The van der Waals surface area contributed by atoms with E-state index in [9.17, 15) is 4.79 Å². The Labute approximate surface area is 125 Å². The fourth-order valence-electron chi connectivity index (χ4n) is 2.14. The van der Waals surface area contributed by atoms with Crippen molar-refractivity contribution in [3.8, 4) is 5.75 Å². The van der Waals surface area contributed by atoms with E-state index in [1.54, 1.807) is 6.07 Å². The van der Waals surface area contributed by atoms with E-state index in [-0.39, 0.29) is 5.43 Å². The van der Waals surface area contributed by atoms with E-state index in [4.69, 9.17) is 16.3 Å². The molecule has 1 aromatic heterocycles. The monoisotopic (exact) mass is 303 g/mol. The lowest BCUT2D eigenvalue weighted by Gasteiger charge is -2.09. The van der Waals surface area contributed by atoms with Gasteiger partial charge in [-0.3, -0.25) is 4.79 Å². The van der Waals surface area contributed by atoms with Crippen molar-refractivity contribution in [2.45, 2.75) is 6.42 Å². The molecule has 0 aliphatic rings. The predicted octanol–water partition coefficient (Wildman–Crippen LogP) is 4.67. The maximum atomic E-state index is 12.6. The van der Waals surface area contributed by atoms with Gasteiger partial charge in [0.2, 0.25) is 0 Å². The van der Waals surface area contributed by atoms with E-state index in [2.05, 4.69) is 6.92 Å². The van der Waals surface area contributed by atoms with Crippen LogP contribution >= 0.6 is 22.9 Å². The molecule has 1 heterocycles. The lowest BCUT2D eigenvalue weighted by atomic mass is 10.2. The van der Waals surface area contributed by atoms with Gasteiger partial charge in [0.05, 0.1) is 21.7 Å². The number of halogens is 1. The highest BCUT2D eigenvalue weighted by Crippen LogP contribution is 2.35. The lowest BCUT2D eigenvalue weighted by molar-refractivity contribution is 0.328. The largest absolute Gasteiger partial charge is 0.492 e. The summed E-state index contributed by atoms with van der Waals surface area (Å²) in [6, 6.07) is 11.1. The average molecular weight is 304 g/mol. The molecular formula is C16H12ClO2S. The van der Waals surface area contributed by atoms with Gasteiger partial charge in [-0.05, 0) is 37.6 Å². The Morgan fingerprint density at radius 3 is 2.80 bits per heavy atom. The predicted molar refractivity (Wildman–Crippen MR) is 86.1 cm³/mol. The topological polar surface area (TPSA) is 26.3 Å². The zero-order valence-corrected chi connectivity index (χ0v) is 12.3. The smallest absolute Gasteiger partial charge is 0.197 e. The fraction of sp³-hybridized carbons (Fsp3) is 0.125. The number of rotatable bonds is 3. The Kier molecular flexibility index (Phi) is 3.64. The third-order valence-corrected chi connectivity index (χ3v) is 4.54. The van der Waals surface area contributed by atoms with Crippen molar-refractivity contribution in [1.82, 2.24) is 0 Å². The second-order valence-corrected chi connectivity index (χ2v) is 5.84. The summed E-state index contributed by atoms with van der Waals surface area (Å²) in [6.45, 7) is 4.27. The van der Waals surface area contributed by atoms with Crippen molar-refractivity contribution in [2.24, 2.45) is 0 Å². The molecule has 20 heavy (non-hydrogen) atoms. The van der Waals surface area contributed by atoms with E-state index in [1.165, 1.54) is 11.3 Å². The number of benzene rings is 2. The Hall–Kier alpha value is -1.58. The van der Waals surface area contributed by atoms with Crippen LogP contribution in [0.5, 0.6) is 5.75 Å². The molecule has 2 nitrogen and oxygen atoms in total. The molecule has 4 heteroatoms. The van der Waals surface area contributed by atoms with Gasteiger partial charge in [-0.1, -0.05) is 23.7 Å². The molecule has 0 atom stereocenters. The summed E-state index contributed by atoms with van der Waals surface area (Å²) in [5.74, 6) is 0.695. The molecular weight excluding hydrogens is 292 g/mol. The summed E-state index contributed by atoms with van der Waals surface area (Å²) in [5.41, 5.74) is -0.0422. The molecule has 2 aromatic carbocycles. The quantitative estimate of drug-likeness (QED) is 0.657. The van der Waals surface area contributed by atoms with Gasteiger partial charge in [-0.25, -0.2) is 0 Å². The molecule has 3 rings (SSSR count). The molecule has 0 N–H and O–H groups in total. The maximum absolute atomic E-state index is 12.6. The molecule has 0 spiro atoms. The molecule has 0 aliphatic carbocycles. The van der Waals surface area contributed by atoms with Crippen molar-refractivity contribution in [2.75, 3.05) is 6.61 Å². The third kappa shape index (κ3) is 2.17. The minimum Gasteiger partial charge on any atom is -0.492 e. The molecule has 1 radical (unpaired) electrons. The Morgan fingerprint density at radius 1 is 1.20 bits per heavy atom. The van der Waals surface area contributed by atoms with Crippen molar-refractivity contribution < 1.29 is 4.74 Å². The molecule has 0 fully saturated rings. The summed E-state index contributed by atoms with van der Waals surface area (Å²) in [7, 11) is 0. The van der Waals surface area contributed by atoms with Gasteiger partial charge in [0.15, 0.2) is 5.43 Å². The van der Waals surface area contributed by atoms with E-state index >= 15 is 0 Å². The van der Waals surface area contributed by atoms with Gasteiger partial charge >= 0.3 is 0 Å². The third-order valence-electron chi connectivity index (χ3n) is 3.04. The first kappa shape index (κ1) is 13.4. The zero-order valence-electron chi connectivity index (χ0n) is 10.7. The highest BCUT2D eigenvalue weighted by Gasteiger charge is 2.13. The number of hydrogen-bond donors (Lipinski definition) is 0. The Balaban J connectivity index is 2.40. The van der Waals surface area contributed by atoms with Crippen LogP contribution in [0.15, 0.2) is 41.2 Å². The van der Waals surface area contributed by atoms with Crippen LogP contribution in [-0.2, 0) is 0 Å². The van der Waals surface area contributed by atoms with E-state index in [0.717, 1.165) is 9.40 Å². The van der Waals surface area contributed by atoms with Crippen LogP contribution in [-0.4, -0.2) is 6.61 Å². The summed E-state index contributed by atoms with van der Waals surface area (Å²) in [5, 5.41) is 1.70. The van der Waals surface area contributed by atoms with Gasteiger partial charge in [-0.2, -0.15) is 0 Å². The molecule has 101 valence electrons. The van der Waals surface area contributed by atoms with Crippen molar-refractivity contribution >= 4 is 43.1 Å². The van der Waals surface area contributed by atoms with Crippen LogP contribution in [0.4, 0.5) is 0 Å². The first-order chi connectivity index (χ1) is 9.72. The van der Waals surface area contributed by atoms with Crippen molar-refractivity contribution in [3.05, 3.63) is 58.6 Å². The highest BCUT2D eigenvalue weighted by molar-refractivity contribution is 7.25. The second-order valence-electron chi connectivity index (χ2n) is 4.38. The number of ether oxygens (including phenoxy) is 1. The molecule has 3 aromatic rings. The lowest BCUT2D eigenvalue weighted by Crippen LogP contribution is -2.03. The van der Waals surface area contributed by atoms with Crippen LogP contribution in [0.1, 0.15) is 6.42 Å². The Morgan fingerprint density at radius 2 is 2.00 bits per heavy atom. The highest BCUT2D eigenvalue weighted by atomic mass is 35.5. The summed E-state index contributed by atoms with van der Waals surface area (Å²) < 4.78 is 7.42. The minimum atomic E-state index is -0.0422. The van der Waals surface area contributed by atoms with E-state index < -0.39 is 0 Å². The first-order valence-electron chi connectivity index (χ1n) is 6.28. The molecule has 0 saturated heterocycles. The molecule has 0 unspecified atom stereocenters. The first-order valence-corrected chi connectivity index (χ1v) is 7.48. The van der Waals surface area contributed by atoms with Gasteiger partial charge in [0, 0.05) is 10.1 Å². The SMILES string of the molecule is [CH2]CCOc1ccc(Cl)c2c(=O)c3ccccc3sc12. The van der Waals surface area contributed by atoms with Crippen LogP contribution in [0.25, 0.3) is 20.2 Å². The normalized spacial score (nSPS) is 11.1. The fourth-order valence-corrected chi connectivity index (χ4v) is 3.60. The van der Waals surface area contributed by atoms with Gasteiger partial charge in [0.1, 0.15) is 5.75 Å². The minimum absolute atomic E-state index is 0.0422. The number of hydrogen-bond acceptors (Lipinski definition) is 3. The van der Waals surface area contributed by atoms with E-state index in [1.807, 2.05) is 30.3 Å². The molecule has 0 aliphatic heterocycles. The van der Waals surface area contributed by atoms with Crippen LogP contribution < -0.4 is 10.2 Å². The summed E-state index contributed by atoms with van der Waals surface area (Å²) in [4.78, 5) is 12.6. The number of fused-ring (bicyclic) bond motifs is 2. The van der Waals surface area contributed by atoms with Crippen molar-refractivity contribution in [1.29, 1.82) is 0 Å². The standard InChI is InChI=1S/C16H12ClO2S/c1-2-9-19-12-8-7-11(17)14-15(18)10-5-3-4-6-13(10)20-16(12)14/h3-8H,1-2,9H2. The zero-order chi connectivity index (χ0) is 14.1. The van der Waals surface area contributed by atoms with Crippen LogP contribution in [0.2, 0.25) is 5.02 Å². The summed E-state index contributed by atoms with van der Waals surface area (Å²) >= 11 is 7.73. The van der Waals surface area contributed by atoms with E-state index in [0.29, 0.717) is 34.6 Å². The van der Waals surface area contributed by atoms with Crippen LogP contribution in [0, 0.1) is 6.92 Å². The maximum Gasteiger partial charge on any atom is 0.197 e. The van der Waals surface area contributed by atoms with Gasteiger partial charge < -0.3 is 4.74 Å². The van der Waals surface area contributed by atoms with Crippen molar-refractivity contribution in [3.63, 3.8) is 0 Å².